The van der Waals surface area contributed by atoms with Crippen LogP contribution in [-0.2, 0) is 19.6 Å². The standard InChI is InChI=1S/C15H22O5S/c1-4-19-15(16)10-7-11-21(17,18)20-14-9-6-5-8-13(14)12(2)3/h5-6,8-9,12H,4,7,10-11H2,1-3H3. The Labute approximate surface area is 126 Å². The third-order valence-corrected chi connectivity index (χ3v) is 4.06. The van der Waals surface area contributed by atoms with Gasteiger partial charge in [-0.1, -0.05) is 32.0 Å². The molecule has 1 rings (SSSR count). The number of benzene rings is 1. The second-order valence-electron chi connectivity index (χ2n) is 4.95. The van der Waals surface area contributed by atoms with Gasteiger partial charge in [0.1, 0.15) is 5.75 Å². The maximum atomic E-state index is 11.9. The molecular formula is C15H22O5S. The van der Waals surface area contributed by atoms with E-state index in [4.69, 9.17) is 8.92 Å². The molecule has 118 valence electrons. The molecule has 1 aromatic carbocycles. The van der Waals surface area contributed by atoms with Crippen molar-refractivity contribution in [2.45, 2.75) is 39.5 Å². The van der Waals surface area contributed by atoms with Crippen LogP contribution >= 0.6 is 0 Å². The molecule has 0 radical (unpaired) electrons. The van der Waals surface area contributed by atoms with Crippen molar-refractivity contribution >= 4 is 16.1 Å². The molecular weight excluding hydrogens is 292 g/mol. The lowest BCUT2D eigenvalue weighted by atomic mass is 10.0. The zero-order chi connectivity index (χ0) is 15.9. The van der Waals surface area contributed by atoms with Crippen molar-refractivity contribution in [2.24, 2.45) is 0 Å². The summed E-state index contributed by atoms with van der Waals surface area (Å²) >= 11 is 0. The first-order chi connectivity index (χ1) is 9.85. The molecule has 0 heterocycles. The second kappa shape index (κ2) is 8.02. The van der Waals surface area contributed by atoms with E-state index in [0.29, 0.717) is 12.4 Å². The van der Waals surface area contributed by atoms with Crippen LogP contribution in [0.25, 0.3) is 0 Å². The topological polar surface area (TPSA) is 69.7 Å². The maximum Gasteiger partial charge on any atom is 0.309 e. The molecule has 0 fully saturated rings. The van der Waals surface area contributed by atoms with Crippen LogP contribution in [0, 0.1) is 0 Å². The van der Waals surface area contributed by atoms with Crippen molar-refractivity contribution < 1.29 is 22.1 Å². The molecule has 21 heavy (non-hydrogen) atoms. The number of esters is 1. The van der Waals surface area contributed by atoms with Crippen LogP contribution in [0.1, 0.15) is 45.1 Å². The van der Waals surface area contributed by atoms with Gasteiger partial charge in [-0.15, -0.1) is 0 Å². The molecule has 0 unspecified atom stereocenters. The van der Waals surface area contributed by atoms with Gasteiger partial charge in [0.2, 0.25) is 0 Å². The van der Waals surface area contributed by atoms with Gasteiger partial charge in [0.25, 0.3) is 0 Å². The van der Waals surface area contributed by atoms with Crippen LogP contribution in [0.4, 0.5) is 0 Å². The Morgan fingerprint density at radius 3 is 2.52 bits per heavy atom. The van der Waals surface area contributed by atoms with Crippen LogP contribution in [-0.4, -0.2) is 26.7 Å². The van der Waals surface area contributed by atoms with Crippen LogP contribution in [0.3, 0.4) is 0 Å². The summed E-state index contributed by atoms with van der Waals surface area (Å²) in [6.45, 7) is 5.94. The van der Waals surface area contributed by atoms with Crippen molar-refractivity contribution in [3.63, 3.8) is 0 Å². The Bertz CT molecular complexity index is 563. The fourth-order valence-corrected chi connectivity index (χ4v) is 2.84. The van der Waals surface area contributed by atoms with Crippen LogP contribution < -0.4 is 4.18 Å². The summed E-state index contributed by atoms with van der Waals surface area (Å²) in [6.07, 6.45) is 0.257. The van der Waals surface area contributed by atoms with Crippen LogP contribution in [0.15, 0.2) is 24.3 Å². The van der Waals surface area contributed by atoms with Crippen molar-refractivity contribution in [3.05, 3.63) is 29.8 Å². The number of carbonyl (C=O) groups is 1. The van der Waals surface area contributed by atoms with E-state index in [1.807, 2.05) is 26.0 Å². The van der Waals surface area contributed by atoms with E-state index in [0.717, 1.165) is 5.56 Å². The van der Waals surface area contributed by atoms with E-state index in [-0.39, 0.29) is 24.5 Å². The van der Waals surface area contributed by atoms with Crippen molar-refractivity contribution in [1.82, 2.24) is 0 Å². The Balaban J connectivity index is 2.63. The van der Waals surface area contributed by atoms with E-state index < -0.39 is 16.1 Å². The van der Waals surface area contributed by atoms with Gasteiger partial charge in [0, 0.05) is 6.42 Å². The van der Waals surface area contributed by atoms with Gasteiger partial charge in [0.05, 0.1) is 12.4 Å². The summed E-state index contributed by atoms with van der Waals surface area (Å²) in [5, 5.41) is 0. The molecule has 0 amide bonds. The first-order valence-electron chi connectivity index (χ1n) is 7.02. The highest BCUT2D eigenvalue weighted by Crippen LogP contribution is 2.27. The minimum absolute atomic E-state index is 0.0717. The summed E-state index contributed by atoms with van der Waals surface area (Å²) in [4.78, 5) is 11.2. The first kappa shape index (κ1) is 17.5. The molecule has 0 aliphatic carbocycles. The minimum Gasteiger partial charge on any atom is -0.466 e. The summed E-state index contributed by atoms with van der Waals surface area (Å²) in [5.74, 6) is -0.0898. The SMILES string of the molecule is CCOC(=O)CCCS(=O)(=O)Oc1ccccc1C(C)C. The lowest BCUT2D eigenvalue weighted by Gasteiger charge is -2.13. The van der Waals surface area contributed by atoms with Crippen LogP contribution in [0.5, 0.6) is 5.75 Å². The van der Waals surface area contributed by atoms with E-state index in [9.17, 15) is 13.2 Å². The second-order valence-corrected chi connectivity index (χ2v) is 6.64. The van der Waals surface area contributed by atoms with E-state index in [2.05, 4.69) is 0 Å². The Hall–Kier alpha value is -1.56. The summed E-state index contributed by atoms with van der Waals surface area (Å²) in [6, 6.07) is 7.05. The zero-order valence-electron chi connectivity index (χ0n) is 12.7. The van der Waals surface area contributed by atoms with Gasteiger partial charge in [-0.05, 0) is 30.9 Å². The third kappa shape index (κ3) is 6.16. The van der Waals surface area contributed by atoms with Gasteiger partial charge in [0.15, 0.2) is 0 Å². The normalized spacial score (nSPS) is 11.4. The fourth-order valence-electron chi connectivity index (χ4n) is 1.84. The summed E-state index contributed by atoms with van der Waals surface area (Å²) in [5.41, 5.74) is 0.839. The monoisotopic (exact) mass is 314 g/mol. The molecule has 0 aliphatic rings. The largest absolute Gasteiger partial charge is 0.466 e. The molecule has 1 aromatic rings. The predicted octanol–water partition coefficient (Wildman–Crippen LogP) is 2.86. The maximum absolute atomic E-state index is 11.9. The summed E-state index contributed by atoms with van der Waals surface area (Å²) in [7, 11) is -3.71. The highest BCUT2D eigenvalue weighted by molar-refractivity contribution is 7.87. The molecule has 0 N–H and O–H groups in total. The smallest absolute Gasteiger partial charge is 0.309 e. The van der Waals surface area contributed by atoms with E-state index in [1.165, 1.54) is 0 Å². The lowest BCUT2D eigenvalue weighted by molar-refractivity contribution is -0.143. The first-order valence-corrected chi connectivity index (χ1v) is 8.60. The molecule has 0 saturated carbocycles. The Morgan fingerprint density at radius 1 is 1.24 bits per heavy atom. The molecule has 5 nitrogen and oxygen atoms in total. The number of carbonyl (C=O) groups excluding carboxylic acids is 1. The molecule has 0 aromatic heterocycles. The minimum atomic E-state index is -3.71. The molecule has 0 aliphatic heterocycles. The molecule has 0 bridgehead atoms. The highest BCUT2D eigenvalue weighted by Gasteiger charge is 2.17. The molecule has 6 heteroatoms. The van der Waals surface area contributed by atoms with Crippen LogP contribution in [0.2, 0.25) is 0 Å². The Morgan fingerprint density at radius 2 is 1.90 bits per heavy atom. The van der Waals surface area contributed by atoms with Gasteiger partial charge in [-0.25, -0.2) is 0 Å². The number of rotatable bonds is 8. The fraction of sp³-hybridized carbons (Fsp3) is 0.533. The van der Waals surface area contributed by atoms with Crippen molar-refractivity contribution in [1.29, 1.82) is 0 Å². The average Bonchev–Trinajstić information content (AvgIpc) is 2.38. The van der Waals surface area contributed by atoms with Gasteiger partial charge in [-0.2, -0.15) is 8.42 Å². The number of ether oxygens (including phenoxy) is 1. The van der Waals surface area contributed by atoms with Crippen molar-refractivity contribution in [3.8, 4) is 5.75 Å². The van der Waals surface area contributed by atoms with Gasteiger partial charge >= 0.3 is 16.1 Å². The lowest BCUT2D eigenvalue weighted by Crippen LogP contribution is -2.16. The van der Waals surface area contributed by atoms with Gasteiger partial charge in [-0.3, -0.25) is 4.79 Å². The number of hydrogen-bond acceptors (Lipinski definition) is 5. The molecule has 0 spiro atoms. The summed E-state index contributed by atoms with van der Waals surface area (Å²) < 4.78 is 33.8. The van der Waals surface area contributed by atoms with Crippen molar-refractivity contribution in [2.75, 3.05) is 12.4 Å². The molecule has 0 atom stereocenters. The van der Waals surface area contributed by atoms with E-state index >= 15 is 0 Å². The quantitative estimate of drug-likeness (QED) is 0.545. The van der Waals surface area contributed by atoms with Gasteiger partial charge < -0.3 is 8.92 Å². The zero-order valence-corrected chi connectivity index (χ0v) is 13.5. The Kier molecular flexibility index (Phi) is 6.68. The number of hydrogen-bond donors (Lipinski definition) is 0. The molecule has 0 saturated heterocycles. The average molecular weight is 314 g/mol. The number of para-hydroxylation sites is 1. The van der Waals surface area contributed by atoms with E-state index in [1.54, 1.807) is 19.1 Å². The highest BCUT2D eigenvalue weighted by atomic mass is 32.2. The predicted molar refractivity (Wildman–Crippen MR) is 80.8 cm³/mol. The third-order valence-electron chi connectivity index (χ3n) is 2.84.